The van der Waals surface area contributed by atoms with Gasteiger partial charge in [-0.25, -0.2) is 0 Å². The number of halogens is 1. The first-order valence-corrected chi connectivity index (χ1v) is 4.63. The lowest BCUT2D eigenvalue weighted by Gasteiger charge is -2.26. The van der Waals surface area contributed by atoms with Gasteiger partial charge in [-0.2, -0.15) is 0 Å². The van der Waals surface area contributed by atoms with Crippen molar-refractivity contribution in [2.24, 2.45) is 0 Å². The van der Waals surface area contributed by atoms with Crippen molar-refractivity contribution in [2.75, 3.05) is 19.0 Å². The molecule has 0 radical (unpaired) electrons. The van der Waals surface area contributed by atoms with Gasteiger partial charge in [0.05, 0.1) is 6.10 Å². The number of nitrogens with zero attached hydrogens (tertiary/aromatic N) is 1. The lowest BCUT2D eigenvalue weighted by atomic mass is 10.3. The zero-order valence-electron chi connectivity index (χ0n) is 7.55. The van der Waals surface area contributed by atoms with Crippen molar-refractivity contribution in [3.05, 3.63) is 0 Å². The second-order valence-electron chi connectivity index (χ2n) is 2.99. The fraction of sp³-hybridized carbons (Fsp3) is 1.00. The summed E-state index contributed by atoms with van der Waals surface area (Å²) in [6.45, 7) is 7.96. The minimum Gasteiger partial charge on any atom is -0.391 e. The predicted octanol–water partition coefficient (Wildman–Crippen LogP) is 1.32. The second kappa shape index (κ2) is 5.81. The average Bonchev–Trinajstić information content (AvgIpc) is 1.99. The van der Waals surface area contributed by atoms with Crippen molar-refractivity contribution in [2.45, 2.75) is 32.9 Å². The molecule has 0 rings (SSSR count). The summed E-state index contributed by atoms with van der Waals surface area (Å²) in [4.78, 5) is 2.19. The highest BCUT2D eigenvalue weighted by molar-refractivity contribution is 6.18. The van der Waals surface area contributed by atoms with Crippen LogP contribution in [0, 0.1) is 0 Å². The van der Waals surface area contributed by atoms with Crippen LogP contribution in [0.1, 0.15) is 20.8 Å². The first kappa shape index (κ1) is 11.2. The maximum absolute atomic E-state index is 9.23. The van der Waals surface area contributed by atoms with Gasteiger partial charge < -0.3 is 5.11 Å². The summed E-state index contributed by atoms with van der Waals surface area (Å²) in [5.74, 6) is 0.323. The van der Waals surface area contributed by atoms with Gasteiger partial charge in [0.25, 0.3) is 0 Å². The van der Waals surface area contributed by atoms with Crippen LogP contribution < -0.4 is 0 Å². The van der Waals surface area contributed by atoms with E-state index in [9.17, 15) is 5.11 Å². The van der Waals surface area contributed by atoms with E-state index in [4.69, 9.17) is 11.6 Å². The summed E-state index contributed by atoms with van der Waals surface area (Å²) in [6.07, 6.45) is -0.390. The molecule has 0 aromatic rings. The Labute approximate surface area is 74.2 Å². The zero-order valence-corrected chi connectivity index (χ0v) is 8.30. The van der Waals surface area contributed by atoms with Crippen molar-refractivity contribution in [3.8, 4) is 0 Å². The molecule has 11 heavy (non-hydrogen) atoms. The van der Waals surface area contributed by atoms with Gasteiger partial charge in [-0.15, -0.1) is 11.6 Å². The van der Waals surface area contributed by atoms with Crippen LogP contribution in [0.15, 0.2) is 0 Å². The van der Waals surface area contributed by atoms with E-state index in [2.05, 4.69) is 25.7 Å². The van der Waals surface area contributed by atoms with E-state index in [1.165, 1.54) is 0 Å². The zero-order chi connectivity index (χ0) is 8.85. The average molecular weight is 180 g/mol. The summed E-state index contributed by atoms with van der Waals surface area (Å²) < 4.78 is 0. The molecule has 0 spiro atoms. The number of hydrogen-bond donors (Lipinski definition) is 1. The molecule has 68 valence electrons. The predicted molar refractivity (Wildman–Crippen MR) is 49.1 cm³/mol. The number of likely N-dealkylation sites (N-methyl/N-ethyl adjacent to an activating group) is 1. The van der Waals surface area contributed by atoms with E-state index in [0.29, 0.717) is 18.5 Å². The molecule has 1 atom stereocenters. The maximum Gasteiger partial charge on any atom is 0.0802 e. The third-order valence-corrected chi connectivity index (χ3v) is 2.12. The topological polar surface area (TPSA) is 23.5 Å². The number of alkyl halides is 1. The van der Waals surface area contributed by atoms with Gasteiger partial charge in [-0.1, -0.05) is 6.92 Å². The van der Waals surface area contributed by atoms with Gasteiger partial charge >= 0.3 is 0 Å². The normalized spacial score (nSPS) is 14.5. The number of hydrogen-bond acceptors (Lipinski definition) is 2. The van der Waals surface area contributed by atoms with Gasteiger partial charge in [-0.05, 0) is 20.4 Å². The van der Waals surface area contributed by atoms with Crippen molar-refractivity contribution in [1.29, 1.82) is 0 Å². The molecular formula is C8H18ClNO. The Morgan fingerprint density at radius 3 is 2.27 bits per heavy atom. The summed E-state index contributed by atoms with van der Waals surface area (Å²) in [7, 11) is 0. The molecule has 0 saturated carbocycles. The lowest BCUT2D eigenvalue weighted by molar-refractivity contribution is 0.114. The molecule has 1 unspecified atom stereocenters. The SMILES string of the molecule is CCN(CC(O)CCl)C(C)C. The minimum atomic E-state index is -0.390. The molecule has 1 N–H and O–H groups in total. The fourth-order valence-corrected chi connectivity index (χ4v) is 1.12. The number of aliphatic hydroxyl groups excluding tert-OH is 1. The first-order chi connectivity index (χ1) is 5.11. The Morgan fingerprint density at radius 2 is 2.00 bits per heavy atom. The number of aliphatic hydroxyl groups is 1. The highest BCUT2D eigenvalue weighted by Crippen LogP contribution is 2.00. The van der Waals surface area contributed by atoms with E-state index >= 15 is 0 Å². The van der Waals surface area contributed by atoms with Gasteiger partial charge in [0.2, 0.25) is 0 Å². The van der Waals surface area contributed by atoms with Crippen LogP contribution in [-0.4, -0.2) is 41.1 Å². The maximum atomic E-state index is 9.23. The van der Waals surface area contributed by atoms with Crippen LogP contribution in [0.25, 0.3) is 0 Å². The van der Waals surface area contributed by atoms with Gasteiger partial charge in [0.15, 0.2) is 0 Å². The van der Waals surface area contributed by atoms with Crippen molar-refractivity contribution >= 4 is 11.6 Å². The van der Waals surface area contributed by atoms with Crippen LogP contribution in [0.3, 0.4) is 0 Å². The van der Waals surface area contributed by atoms with E-state index in [1.807, 2.05) is 0 Å². The third kappa shape index (κ3) is 4.62. The van der Waals surface area contributed by atoms with E-state index < -0.39 is 0 Å². The van der Waals surface area contributed by atoms with E-state index in [-0.39, 0.29) is 6.10 Å². The summed E-state index contributed by atoms with van der Waals surface area (Å²) in [6, 6.07) is 0.484. The van der Waals surface area contributed by atoms with Crippen LogP contribution in [0.5, 0.6) is 0 Å². The van der Waals surface area contributed by atoms with Crippen molar-refractivity contribution < 1.29 is 5.11 Å². The molecule has 0 heterocycles. The van der Waals surface area contributed by atoms with Gasteiger partial charge in [-0.3, -0.25) is 4.90 Å². The summed E-state index contributed by atoms with van der Waals surface area (Å²) in [5.41, 5.74) is 0. The molecule has 0 fully saturated rings. The van der Waals surface area contributed by atoms with Gasteiger partial charge in [0, 0.05) is 18.5 Å². The second-order valence-corrected chi connectivity index (χ2v) is 3.30. The van der Waals surface area contributed by atoms with Gasteiger partial charge in [0.1, 0.15) is 0 Å². The molecule has 0 aliphatic carbocycles. The standard InChI is InChI=1S/C8H18ClNO/c1-4-10(7(2)3)6-8(11)5-9/h7-8,11H,4-6H2,1-3H3. The Kier molecular flexibility index (Phi) is 5.92. The molecule has 0 bridgehead atoms. The fourth-order valence-electron chi connectivity index (χ4n) is 1.02. The highest BCUT2D eigenvalue weighted by atomic mass is 35.5. The monoisotopic (exact) mass is 179 g/mol. The van der Waals surface area contributed by atoms with Crippen LogP contribution in [0.4, 0.5) is 0 Å². The molecule has 0 saturated heterocycles. The minimum absolute atomic E-state index is 0.323. The summed E-state index contributed by atoms with van der Waals surface area (Å²) >= 11 is 5.48. The quantitative estimate of drug-likeness (QED) is 0.644. The molecule has 0 aromatic heterocycles. The Morgan fingerprint density at radius 1 is 1.45 bits per heavy atom. The summed E-state index contributed by atoms with van der Waals surface area (Å²) in [5, 5.41) is 9.23. The van der Waals surface area contributed by atoms with Crippen LogP contribution in [-0.2, 0) is 0 Å². The lowest BCUT2D eigenvalue weighted by Crippen LogP contribution is -2.37. The first-order valence-electron chi connectivity index (χ1n) is 4.09. The highest BCUT2D eigenvalue weighted by Gasteiger charge is 2.11. The van der Waals surface area contributed by atoms with E-state index in [1.54, 1.807) is 0 Å². The van der Waals surface area contributed by atoms with Crippen LogP contribution in [0.2, 0.25) is 0 Å². The Bertz CT molecular complexity index is 98.1. The van der Waals surface area contributed by atoms with Crippen molar-refractivity contribution in [3.63, 3.8) is 0 Å². The Balaban J connectivity index is 3.68. The van der Waals surface area contributed by atoms with Crippen molar-refractivity contribution in [1.82, 2.24) is 4.90 Å². The molecule has 0 aliphatic heterocycles. The molecule has 0 amide bonds. The molecule has 2 nitrogen and oxygen atoms in total. The largest absolute Gasteiger partial charge is 0.391 e. The van der Waals surface area contributed by atoms with Crippen LogP contribution >= 0.6 is 11.6 Å². The Hall–Kier alpha value is 0.210. The molecule has 0 aliphatic rings. The number of rotatable bonds is 5. The molecular weight excluding hydrogens is 162 g/mol. The smallest absolute Gasteiger partial charge is 0.0802 e. The third-order valence-electron chi connectivity index (χ3n) is 1.76. The molecule has 0 aromatic carbocycles. The molecule has 3 heteroatoms. The van der Waals surface area contributed by atoms with E-state index in [0.717, 1.165) is 6.54 Å².